The molecule has 0 atom stereocenters. The number of rotatable bonds is 6. The molecule has 7 heteroatoms. The van der Waals surface area contributed by atoms with Crippen molar-refractivity contribution in [2.24, 2.45) is 0 Å². The highest BCUT2D eigenvalue weighted by Gasteiger charge is 2.30. The number of likely N-dealkylation sites (tertiary alicyclic amines) is 1. The third kappa shape index (κ3) is 4.84. The third-order valence-corrected chi connectivity index (χ3v) is 5.48. The molecule has 0 spiro atoms. The van der Waals surface area contributed by atoms with Crippen molar-refractivity contribution < 1.29 is 19.4 Å². The lowest BCUT2D eigenvalue weighted by Crippen LogP contribution is -2.50. The van der Waals surface area contributed by atoms with E-state index in [2.05, 4.69) is 5.32 Å². The minimum Gasteiger partial charge on any atom is -0.504 e. The van der Waals surface area contributed by atoms with E-state index in [-0.39, 0.29) is 36.8 Å². The molecule has 1 aliphatic carbocycles. The van der Waals surface area contributed by atoms with Crippen LogP contribution in [0.5, 0.6) is 11.5 Å². The SMILES string of the molecule is COc1ccc(CNC(=O)N(CC(=O)N2CCCC2)C2CCCC2)cc1O. The molecule has 1 aromatic rings. The van der Waals surface area contributed by atoms with Crippen molar-refractivity contribution in [3.05, 3.63) is 23.8 Å². The van der Waals surface area contributed by atoms with Gasteiger partial charge in [-0.05, 0) is 43.4 Å². The molecule has 2 N–H and O–H groups in total. The Bertz CT molecular complexity index is 667. The van der Waals surface area contributed by atoms with E-state index in [1.54, 1.807) is 23.1 Å². The molecule has 148 valence electrons. The van der Waals surface area contributed by atoms with Crippen molar-refractivity contribution in [1.82, 2.24) is 15.1 Å². The fourth-order valence-electron chi connectivity index (χ4n) is 3.92. The minimum atomic E-state index is -0.218. The van der Waals surface area contributed by atoms with Gasteiger partial charge in [-0.1, -0.05) is 18.9 Å². The number of phenolic OH excluding ortho intramolecular Hbond substituents is 1. The molecule has 27 heavy (non-hydrogen) atoms. The van der Waals surface area contributed by atoms with Gasteiger partial charge in [0.15, 0.2) is 11.5 Å². The summed E-state index contributed by atoms with van der Waals surface area (Å²) in [4.78, 5) is 28.9. The van der Waals surface area contributed by atoms with Crippen LogP contribution in [-0.2, 0) is 11.3 Å². The van der Waals surface area contributed by atoms with E-state index in [0.29, 0.717) is 5.75 Å². The zero-order valence-electron chi connectivity index (χ0n) is 15.9. The molecule has 0 unspecified atom stereocenters. The van der Waals surface area contributed by atoms with Gasteiger partial charge in [0.25, 0.3) is 0 Å². The fourth-order valence-corrected chi connectivity index (χ4v) is 3.92. The van der Waals surface area contributed by atoms with E-state index in [0.717, 1.165) is 57.2 Å². The predicted molar refractivity (Wildman–Crippen MR) is 102 cm³/mol. The van der Waals surface area contributed by atoms with E-state index >= 15 is 0 Å². The summed E-state index contributed by atoms with van der Waals surface area (Å²) in [6.07, 6.45) is 6.18. The summed E-state index contributed by atoms with van der Waals surface area (Å²) in [6.45, 7) is 2.02. The lowest BCUT2D eigenvalue weighted by molar-refractivity contribution is -0.131. The summed E-state index contributed by atoms with van der Waals surface area (Å²) in [5.74, 6) is 0.478. The number of ether oxygens (including phenoxy) is 1. The minimum absolute atomic E-state index is 0.0386. The third-order valence-electron chi connectivity index (χ3n) is 5.48. The van der Waals surface area contributed by atoms with Gasteiger partial charge in [0, 0.05) is 25.7 Å². The van der Waals surface area contributed by atoms with Gasteiger partial charge in [0.05, 0.1) is 7.11 Å². The Labute approximate surface area is 160 Å². The van der Waals surface area contributed by atoms with E-state index in [4.69, 9.17) is 4.74 Å². The lowest BCUT2D eigenvalue weighted by atomic mass is 10.2. The van der Waals surface area contributed by atoms with Crippen molar-refractivity contribution >= 4 is 11.9 Å². The standard InChI is InChI=1S/C20H29N3O4/c1-27-18-9-8-15(12-17(18)24)13-21-20(26)23(16-6-2-3-7-16)14-19(25)22-10-4-5-11-22/h8-9,12,16,24H,2-7,10-11,13-14H2,1H3,(H,21,26). The normalized spacial score (nSPS) is 17.1. The maximum Gasteiger partial charge on any atom is 0.318 e. The first-order chi connectivity index (χ1) is 13.1. The number of hydrogen-bond acceptors (Lipinski definition) is 4. The van der Waals surface area contributed by atoms with Gasteiger partial charge < -0.3 is 25.0 Å². The number of carbonyl (C=O) groups excluding carboxylic acids is 2. The predicted octanol–water partition coefficient (Wildman–Crippen LogP) is 2.48. The molecule has 1 saturated carbocycles. The number of benzene rings is 1. The van der Waals surface area contributed by atoms with Crippen LogP contribution in [0.25, 0.3) is 0 Å². The lowest BCUT2D eigenvalue weighted by Gasteiger charge is -2.30. The maximum atomic E-state index is 12.8. The Hall–Kier alpha value is -2.44. The zero-order chi connectivity index (χ0) is 19.2. The van der Waals surface area contributed by atoms with Crippen molar-refractivity contribution in [2.45, 2.75) is 51.1 Å². The van der Waals surface area contributed by atoms with Gasteiger partial charge in [-0.25, -0.2) is 4.79 Å². The number of phenols is 1. The monoisotopic (exact) mass is 375 g/mol. The summed E-state index contributed by atoms with van der Waals surface area (Å²) >= 11 is 0. The van der Waals surface area contributed by atoms with Crippen LogP contribution in [0.15, 0.2) is 18.2 Å². The van der Waals surface area contributed by atoms with E-state index in [1.165, 1.54) is 7.11 Å². The van der Waals surface area contributed by atoms with Crippen LogP contribution in [0.3, 0.4) is 0 Å². The average Bonchev–Trinajstić information content (AvgIpc) is 3.38. The molecule has 0 radical (unpaired) electrons. The number of urea groups is 1. The van der Waals surface area contributed by atoms with Crippen molar-refractivity contribution in [2.75, 3.05) is 26.7 Å². The second kappa shape index (κ2) is 8.97. The van der Waals surface area contributed by atoms with Gasteiger partial charge >= 0.3 is 6.03 Å². The number of carbonyl (C=O) groups is 2. The summed E-state index contributed by atoms with van der Waals surface area (Å²) < 4.78 is 5.04. The summed E-state index contributed by atoms with van der Waals surface area (Å²) in [5.41, 5.74) is 0.777. The fraction of sp³-hybridized carbons (Fsp3) is 0.600. The van der Waals surface area contributed by atoms with Gasteiger partial charge in [-0.2, -0.15) is 0 Å². The first-order valence-electron chi connectivity index (χ1n) is 9.76. The van der Waals surface area contributed by atoms with Crippen LogP contribution in [-0.4, -0.2) is 59.6 Å². The number of nitrogens with zero attached hydrogens (tertiary/aromatic N) is 2. The van der Waals surface area contributed by atoms with Crippen LogP contribution in [0, 0.1) is 0 Å². The molecular weight excluding hydrogens is 346 g/mol. The van der Waals surface area contributed by atoms with E-state index < -0.39 is 0 Å². The second-order valence-corrected chi connectivity index (χ2v) is 7.32. The van der Waals surface area contributed by atoms with Crippen LogP contribution in [0.4, 0.5) is 4.79 Å². The van der Waals surface area contributed by atoms with Gasteiger partial charge in [-0.3, -0.25) is 4.79 Å². The van der Waals surface area contributed by atoms with Gasteiger partial charge in [-0.15, -0.1) is 0 Å². The highest BCUT2D eigenvalue weighted by atomic mass is 16.5. The molecule has 1 aromatic carbocycles. The van der Waals surface area contributed by atoms with Crippen molar-refractivity contribution in [3.63, 3.8) is 0 Å². The molecule has 2 fully saturated rings. The molecule has 7 nitrogen and oxygen atoms in total. The first-order valence-corrected chi connectivity index (χ1v) is 9.76. The molecule has 2 aliphatic rings. The van der Waals surface area contributed by atoms with E-state index in [1.807, 2.05) is 4.90 Å². The van der Waals surface area contributed by atoms with Crippen LogP contribution in [0.2, 0.25) is 0 Å². The van der Waals surface area contributed by atoms with Crippen LogP contribution < -0.4 is 10.1 Å². The second-order valence-electron chi connectivity index (χ2n) is 7.32. The smallest absolute Gasteiger partial charge is 0.318 e. The topological polar surface area (TPSA) is 82.1 Å². The maximum absolute atomic E-state index is 12.8. The Morgan fingerprint density at radius 2 is 1.93 bits per heavy atom. The Morgan fingerprint density at radius 1 is 1.22 bits per heavy atom. The van der Waals surface area contributed by atoms with Gasteiger partial charge in [0.1, 0.15) is 6.54 Å². The highest BCUT2D eigenvalue weighted by Crippen LogP contribution is 2.26. The molecule has 0 bridgehead atoms. The Kier molecular flexibility index (Phi) is 6.42. The molecule has 3 amide bonds. The first kappa shape index (κ1) is 19.3. The Balaban J connectivity index is 1.61. The quantitative estimate of drug-likeness (QED) is 0.800. The molecule has 1 saturated heterocycles. The highest BCUT2D eigenvalue weighted by molar-refractivity contribution is 5.84. The molecular formula is C20H29N3O4. The van der Waals surface area contributed by atoms with Crippen LogP contribution in [0.1, 0.15) is 44.1 Å². The summed E-state index contributed by atoms with van der Waals surface area (Å²) in [5, 5.41) is 12.8. The Morgan fingerprint density at radius 3 is 2.56 bits per heavy atom. The van der Waals surface area contributed by atoms with Gasteiger partial charge in [0.2, 0.25) is 5.91 Å². The van der Waals surface area contributed by atoms with E-state index in [9.17, 15) is 14.7 Å². The summed E-state index contributed by atoms with van der Waals surface area (Å²) in [7, 11) is 1.49. The van der Waals surface area contributed by atoms with Crippen LogP contribution >= 0.6 is 0 Å². The molecule has 0 aromatic heterocycles. The van der Waals surface area contributed by atoms with Crippen molar-refractivity contribution in [1.29, 1.82) is 0 Å². The number of aromatic hydroxyl groups is 1. The number of nitrogens with one attached hydrogen (secondary N) is 1. The molecule has 1 heterocycles. The zero-order valence-corrected chi connectivity index (χ0v) is 15.9. The molecule has 3 rings (SSSR count). The summed E-state index contributed by atoms with van der Waals surface area (Å²) in [6, 6.07) is 4.95. The number of hydrogen-bond donors (Lipinski definition) is 2. The largest absolute Gasteiger partial charge is 0.504 e. The molecule has 1 aliphatic heterocycles. The average molecular weight is 375 g/mol. The number of methoxy groups -OCH3 is 1. The van der Waals surface area contributed by atoms with Crippen molar-refractivity contribution in [3.8, 4) is 11.5 Å². The number of amides is 3.